The fraction of sp³-hybridized carbons (Fsp3) is 0.400. The SMILES string of the molecule is CC1=C(O)CNC1=O.[NH4+]. The monoisotopic (exact) mass is 131 g/mol. The molecule has 0 atom stereocenters. The molecular formula is C5H11N2O2+. The minimum atomic E-state index is -0.164. The Hall–Kier alpha value is -1.03. The summed E-state index contributed by atoms with van der Waals surface area (Å²) in [4.78, 5) is 10.5. The number of rotatable bonds is 0. The van der Waals surface area contributed by atoms with Gasteiger partial charge in [-0.25, -0.2) is 0 Å². The molecule has 0 fully saturated rings. The van der Waals surface area contributed by atoms with Crippen LogP contribution in [0, 0.1) is 0 Å². The van der Waals surface area contributed by atoms with Gasteiger partial charge in [0.2, 0.25) is 0 Å². The Labute approximate surface area is 53.1 Å². The molecule has 4 heteroatoms. The van der Waals surface area contributed by atoms with Gasteiger partial charge in [-0.05, 0) is 6.92 Å². The van der Waals surface area contributed by atoms with Crippen LogP contribution < -0.4 is 11.5 Å². The van der Waals surface area contributed by atoms with Gasteiger partial charge in [-0.2, -0.15) is 0 Å². The Morgan fingerprint density at radius 2 is 2.22 bits per heavy atom. The van der Waals surface area contributed by atoms with Crippen LogP contribution in [0.1, 0.15) is 6.92 Å². The molecule has 6 N–H and O–H groups in total. The zero-order valence-electron chi connectivity index (χ0n) is 5.56. The van der Waals surface area contributed by atoms with Crippen molar-refractivity contribution >= 4 is 5.91 Å². The predicted molar refractivity (Wildman–Crippen MR) is 34.3 cm³/mol. The minimum absolute atomic E-state index is 0. The van der Waals surface area contributed by atoms with Gasteiger partial charge >= 0.3 is 0 Å². The van der Waals surface area contributed by atoms with E-state index in [0.29, 0.717) is 12.1 Å². The van der Waals surface area contributed by atoms with Gasteiger partial charge in [0, 0.05) is 0 Å². The molecule has 0 saturated carbocycles. The molecule has 1 rings (SSSR count). The number of aliphatic hydroxyl groups is 1. The molecule has 0 aromatic carbocycles. The van der Waals surface area contributed by atoms with Crippen molar-refractivity contribution in [2.75, 3.05) is 6.54 Å². The molecule has 0 aromatic heterocycles. The Kier molecular flexibility index (Phi) is 2.21. The van der Waals surface area contributed by atoms with Crippen molar-refractivity contribution in [3.05, 3.63) is 11.3 Å². The standard InChI is InChI=1S/C5H7NO2.H3N/c1-3-4(7)2-6-5(3)8;/h7H,2H2,1H3,(H,6,8);1H3/p+1. The average Bonchev–Trinajstić information content (AvgIpc) is 1.98. The number of nitrogens with one attached hydrogen (secondary N) is 1. The average molecular weight is 131 g/mol. The van der Waals surface area contributed by atoms with Crippen LogP contribution in [0.4, 0.5) is 0 Å². The van der Waals surface area contributed by atoms with Gasteiger partial charge in [0.1, 0.15) is 5.76 Å². The van der Waals surface area contributed by atoms with E-state index < -0.39 is 0 Å². The number of hydrogen-bond donors (Lipinski definition) is 3. The topological polar surface area (TPSA) is 85.8 Å². The lowest BCUT2D eigenvalue weighted by atomic mass is 10.3. The second-order valence-electron chi connectivity index (χ2n) is 1.75. The highest BCUT2D eigenvalue weighted by atomic mass is 16.3. The minimum Gasteiger partial charge on any atom is -0.510 e. The quantitative estimate of drug-likeness (QED) is 0.442. The van der Waals surface area contributed by atoms with Gasteiger partial charge in [0.15, 0.2) is 0 Å². The summed E-state index contributed by atoms with van der Waals surface area (Å²) >= 11 is 0. The highest BCUT2D eigenvalue weighted by Gasteiger charge is 2.16. The van der Waals surface area contributed by atoms with Crippen molar-refractivity contribution in [3.8, 4) is 0 Å². The second-order valence-corrected chi connectivity index (χ2v) is 1.75. The van der Waals surface area contributed by atoms with Crippen LogP contribution in [-0.2, 0) is 4.79 Å². The van der Waals surface area contributed by atoms with Gasteiger partial charge in [0.25, 0.3) is 5.91 Å². The molecule has 1 aliphatic heterocycles. The number of amides is 1. The lowest BCUT2D eigenvalue weighted by Gasteiger charge is -1.84. The van der Waals surface area contributed by atoms with Gasteiger partial charge in [0.05, 0.1) is 12.1 Å². The largest absolute Gasteiger partial charge is 0.510 e. The molecule has 1 amide bonds. The van der Waals surface area contributed by atoms with E-state index in [4.69, 9.17) is 5.11 Å². The molecule has 4 nitrogen and oxygen atoms in total. The second kappa shape index (κ2) is 2.50. The van der Waals surface area contributed by atoms with Crippen molar-refractivity contribution in [3.63, 3.8) is 0 Å². The van der Waals surface area contributed by atoms with E-state index in [9.17, 15) is 4.79 Å². The van der Waals surface area contributed by atoms with Crippen molar-refractivity contribution in [1.82, 2.24) is 11.5 Å². The van der Waals surface area contributed by atoms with Gasteiger partial charge in [-0.15, -0.1) is 0 Å². The van der Waals surface area contributed by atoms with Crippen molar-refractivity contribution in [2.24, 2.45) is 0 Å². The first kappa shape index (κ1) is 7.97. The maximum Gasteiger partial charge on any atom is 0.250 e. The lowest BCUT2D eigenvalue weighted by molar-refractivity contribution is -0.116. The van der Waals surface area contributed by atoms with Crippen LogP contribution in [0.25, 0.3) is 0 Å². The highest BCUT2D eigenvalue weighted by molar-refractivity contribution is 5.95. The number of carbonyl (C=O) groups excluding carboxylic acids is 1. The third-order valence-electron chi connectivity index (χ3n) is 1.19. The molecule has 0 bridgehead atoms. The lowest BCUT2D eigenvalue weighted by Crippen LogP contribution is -2.16. The fourth-order valence-corrected chi connectivity index (χ4v) is 0.560. The third-order valence-corrected chi connectivity index (χ3v) is 1.19. The van der Waals surface area contributed by atoms with E-state index in [1.807, 2.05) is 0 Å². The van der Waals surface area contributed by atoms with Crippen molar-refractivity contribution in [1.29, 1.82) is 0 Å². The third kappa shape index (κ3) is 1.20. The molecule has 0 spiro atoms. The Balaban J connectivity index is 0.000000640. The first-order chi connectivity index (χ1) is 3.72. The van der Waals surface area contributed by atoms with E-state index in [0.717, 1.165) is 0 Å². The zero-order chi connectivity index (χ0) is 6.15. The van der Waals surface area contributed by atoms with Crippen LogP contribution in [0.5, 0.6) is 0 Å². The van der Waals surface area contributed by atoms with E-state index in [1.165, 1.54) is 0 Å². The molecule has 0 aromatic rings. The molecule has 0 radical (unpaired) electrons. The van der Waals surface area contributed by atoms with Crippen LogP contribution in [0.3, 0.4) is 0 Å². The van der Waals surface area contributed by atoms with Crippen LogP contribution in [-0.4, -0.2) is 17.6 Å². The van der Waals surface area contributed by atoms with E-state index in [-0.39, 0.29) is 17.8 Å². The smallest absolute Gasteiger partial charge is 0.250 e. The molecule has 1 aliphatic rings. The number of aliphatic hydroxyl groups excluding tert-OH is 1. The number of quaternary nitrogens is 1. The Morgan fingerprint density at radius 1 is 1.67 bits per heavy atom. The van der Waals surface area contributed by atoms with Crippen LogP contribution in [0.15, 0.2) is 11.3 Å². The fourth-order valence-electron chi connectivity index (χ4n) is 0.560. The van der Waals surface area contributed by atoms with E-state index in [1.54, 1.807) is 6.92 Å². The summed E-state index contributed by atoms with van der Waals surface area (Å²) in [6.45, 7) is 1.89. The highest BCUT2D eigenvalue weighted by Crippen LogP contribution is 2.04. The van der Waals surface area contributed by atoms with Gasteiger partial charge < -0.3 is 16.6 Å². The van der Waals surface area contributed by atoms with E-state index >= 15 is 0 Å². The summed E-state index contributed by atoms with van der Waals surface area (Å²) in [6.07, 6.45) is 0. The van der Waals surface area contributed by atoms with E-state index in [2.05, 4.69) is 5.32 Å². The molecule has 9 heavy (non-hydrogen) atoms. The molecule has 0 unspecified atom stereocenters. The molecular weight excluding hydrogens is 120 g/mol. The molecule has 0 aliphatic carbocycles. The summed E-state index contributed by atoms with van der Waals surface area (Å²) in [5.74, 6) is -0.00231. The number of carbonyl (C=O) groups is 1. The predicted octanol–water partition coefficient (Wildman–Crippen LogP) is 0.324. The van der Waals surface area contributed by atoms with Crippen molar-refractivity contribution in [2.45, 2.75) is 6.92 Å². The first-order valence-electron chi connectivity index (χ1n) is 2.38. The summed E-state index contributed by atoms with van der Waals surface area (Å²) in [5, 5.41) is 11.2. The molecule has 0 saturated heterocycles. The van der Waals surface area contributed by atoms with Crippen LogP contribution in [0.2, 0.25) is 0 Å². The maximum absolute atomic E-state index is 10.5. The van der Waals surface area contributed by atoms with Crippen molar-refractivity contribution < 1.29 is 9.90 Å². The molecule has 1 heterocycles. The first-order valence-corrected chi connectivity index (χ1v) is 2.38. The normalized spacial score (nSPS) is 17.2. The Bertz CT molecular complexity index is 162. The summed E-state index contributed by atoms with van der Waals surface area (Å²) in [5.41, 5.74) is 0.435. The summed E-state index contributed by atoms with van der Waals surface area (Å²) in [7, 11) is 0. The van der Waals surface area contributed by atoms with Gasteiger partial charge in [-0.1, -0.05) is 0 Å². The Morgan fingerprint density at radius 3 is 2.33 bits per heavy atom. The maximum atomic E-state index is 10.5. The summed E-state index contributed by atoms with van der Waals surface area (Å²) in [6, 6.07) is 0. The van der Waals surface area contributed by atoms with Crippen LogP contribution >= 0.6 is 0 Å². The van der Waals surface area contributed by atoms with Gasteiger partial charge in [-0.3, -0.25) is 4.79 Å². The zero-order valence-corrected chi connectivity index (χ0v) is 5.56. The summed E-state index contributed by atoms with van der Waals surface area (Å²) < 4.78 is 0. The molecule has 52 valence electrons. The number of hydrogen-bond acceptors (Lipinski definition) is 2.